The van der Waals surface area contributed by atoms with Crippen molar-refractivity contribution in [2.75, 3.05) is 6.61 Å². The van der Waals surface area contributed by atoms with Gasteiger partial charge in [0.1, 0.15) is 12.6 Å². The predicted octanol–water partition coefficient (Wildman–Crippen LogP) is 4.45. The molecule has 0 aliphatic carbocycles. The number of aromatic nitrogens is 1. The van der Waals surface area contributed by atoms with E-state index in [1.165, 1.54) is 12.4 Å². The van der Waals surface area contributed by atoms with Gasteiger partial charge in [0.25, 0.3) is 0 Å². The lowest BCUT2D eigenvalue weighted by Crippen LogP contribution is -2.09. The fourth-order valence-corrected chi connectivity index (χ4v) is 2.63. The first-order valence-corrected chi connectivity index (χ1v) is 7.73. The summed E-state index contributed by atoms with van der Waals surface area (Å²) in [5.74, 6) is 3.00. The van der Waals surface area contributed by atoms with Crippen LogP contribution in [-0.2, 0) is 4.74 Å². The van der Waals surface area contributed by atoms with Crippen molar-refractivity contribution in [3.05, 3.63) is 51.8 Å². The van der Waals surface area contributed by atoms with Gasteiger partial charge in [-0.1, -0.05) is 48.2 Å². The van der Waals surface area contributed by atoms with E-state index in [4.69, 9.17) is 34.4 Å². The first kappa shape index (κ1) is 16.6. The largest absolute Gasteiger partial charge is 0.475 e. The highest BCUT2D eigenvalue weighted by molar-refractivity contribution is 6.39. The van der Waals surface area contributed by atoms with Gasteiger partial charge in [-0.05, 0) is 24.5 Å². The van der Waals surface area contributed by atoms with Crippen LogP contribution in [-0.4, -0.2) is 23.5 Å². The van der Waals surface area contributed by atoms with E-state index in [0.29, 0.717) is 28.1 Å². The third-order valence-electron chi connectivity index (χ3n) is 3.17. The molecule has 0 saturated carbocycles. The van der Waals surface area contributed by atoms with Crippen LogP contribution >= 0.6 is 23.2 Å². The summed E-state index contributed by atoms with van der Waals surface area (Å²) in [6, 6.07) is -0.118. The van der Waals surface area contributed by atoms with Gasteiger partial charge < -0.3 is 4.74 Å². The Labute approximate surface area is 140 Å². The molecule has 3 nitrogen and oxygen atoms in total. The maximum atomic E-state index is 6.13. The number of terminal acetylenes is 1. The van der Waals surface area contributed by atoms with E-state index in [0.717, 1.165) is 18.4 Å². The second-order valence-electron chi connectivity index (χ2n) is 4.71. The summed E-state index contributed by atoms with van der Waals surface area (Å²) in [6.45, 7) is 2.52. The molecule has 1 aliphatic heterocycles. The van der Waals surface area contributed by atoms with Gasteiger partial charge in [0.15, 0.2) is 0 Å². The van der Waals surface area contributed by atoms with Crippen molar-refractivity contribution in [2.24, 2.45) is 4.99 Å². The lowest BCUT2D eigenvalue weighted by Gasteiger charge is -2.07. The Morgan fingerprint density at radius 3 is 2.77 bits per heavy atom. The molecule has 0 fully saturated rings. The van der Waals surface area contributed by atoms with Crippen molar-refractivity contribution in [1.29, 1.82) is 0 Å². The van der Waals surface area contributed by atoms with Crippen LogP contribution in [0.25, 0.3) is 0 Å². The number of aliphatic imine (C=N–C) groups is 1. The van der Waals surface area contributed by atoms with E-state index >= 15 is 0 Å². The van der Waals surface area contributed by atoms with E-state index in [9.17, 15) is 0 Å². The molecule has 114 valence electrons. The van der Waals surface area contributed by atoms with Crippen LogP contribution < -0.4 is 0 Å². The molecule has 0 spiro atoms. The van der Waals surface area contributed by atoms with Crippen molar-refractivity contribution in [3.8, 4) is 12.3 Å². The average molecular weight is 335 g/mol. The van der Waals surface area contributed by atoms with Crippen molar-refractivity contribution < 1.29 is 4.74 Å². The van der Waals surface area contributed by atoms with Crippen LogP contribution in [0.5, 0.6) is 0 Å². The van der Waals surface area contributed by atoms with Crippen molar-refractivity contribution in [1.82, 2.24) is 4.98 Å². The Morgan fingerprint density at radius 1 is 1.41 bits per heavy atom. The highest BCUT2D eigenvalue weighted by atomic mass is 35.5. The summed E-state index contributed by atoms with van der Waals surface area (Å²) >= 11 is 12.3. The lowest BCUT2D eigenvalue weighted by atomic mass is 10.0. The van der Waals surface area contributed by atoms with Crippen LogP contribution in [0.1, 0.15) is 25.3 Å². The van der Waals surface area contributed by atoms with Crippen LogP contribution in [0.3, 0.4) is 0 Å². The van der Waals surface area contributed by atoms with Crippen molar-refractivity contribution in [3.63, 3.8) is 0 Å². The predicted molar refractivity (Wildman–Crippen MR) is 91.5 cm³/mol. The number of rotatable bonds is 5. The highest BCUT2D eigenvalue weighted by Gasteiger charge is 2.25. The lowest BCUT2D eigenvalue weighted by molar-refractivity contribution is 0.327. The number of allylic oxidation sites excluding steroid dienone is 3. The highest BCUT2D eigenvalue weighted by Crippen LogP contribution is 2.28. The minimum absolute atomic E-state index is 0.118. The summed E-state index contributed by atoms with van der Waals surface area (Å²) in [5, 5.41) is 0.834. The molecular weight excluding hydrogens is 319 g/mol. The molecule has 1 aromatic heterocycles. The van der Waals surface area contributed by atoms with Crippen molar-refractivity contribution in [2.45, 2.75) is 25.8 Å². The first-order valence-electron chi connectivity index (χ1n) is 6.97. The SMILES string of the molecule is C#C/C=C(\C/C=C\CC)[C@H]1COC(c2c(Cl)cncc2Cl)=N1. The fourth-order valence-electron chi connectivity index (χ4n) is 2.10. The summed E-state index contributed by atoms with van der Waals surface area (Å²) < 4.78 is 5.67. The fraction of sp³-hybridized carbons (Fsp3) is 0.294. The Hall–Kier alpha value is -1.76. The standard InChI is InChI=1S/C17H16Cl2N2O/c1-3-5-6-8-12(7-4-2)15-11-22-17(21-15)16-13(18)9-20-10-14(16)19/h2,5-7,9-10,15H,3,8,11H2,1H3/b6-5-,12-7+/t15-/m1/s1. The maximum absolute atomic E-state index is 6.13. The minimum Gasteiger partial charge on any atom is -0.475 e. The second-order valence-corrected chi connectivity index (χ2v) is 5.52. The summed E-state index contributed by atoms with van der Waals surface area (Å²) in [4.78, 5) is 8.51. The Morgan fingerprint density at radius 2 is 2.14 bits per heavy atom. The molecule has 2 heterocycles. The molecule has 1 atom stereocenters. The van der Waals surface area contributed by atoms with Gasteiger partial charge in [-0.3, -0.25) is 4.98 Å². The van der Waals surface area contributed by atoms with E-state index in [-0.39, 0.29) is 6.04 Å². The molecule has 1 aliphatic rings. The molecule has 0 unspecified atom stereocenters. The third-order valence-corrected chi connectivity index (χ3v) is 3.74. The zero-order chi connectivity index (χ0) is 15.9. The van der Waals surface area contributed by atoms with Crippen LogP contribution in [0.15, 0.2) is 41.2 Å². The van der Waals surface area contributed by atoms with E-state index in [2.05, 4.69) is 35.0 Å². The first-order chi connectivity index (χ1) is 10.7. The van der Waals surface area contributed by atoms with Gasteiger partial charge in [-0.2, -0.15) is 0 Å². The van der Waals surface area contributed by atoms with E-state index in [1.54, 1.807) is 6.08 Å². The van der Waals surface area contributed by atoms with Gasteiger partial charge in [0.05, 0.1) is 15.6 Å². The molecule has 0 saturated heterocycles. The topological polar surface area (TPSA) is 34.5 Å². The number of nitrogens with zero attached hydrogens (tertiary/aromatic N) is 2. The number of hydrogen-bond acceptors (Lipinski definition) is 3. The van der Waals surface area contributed by atoms with Gasteiger partial charge >= 0.3 is 0 Å². The normalized spacial score (nSPS) is 18.2. The third kappa shape index (κ3) is 3.91. The summed E-state index contributed by atoms with van der Waals surface area (Å²) in [5.41, 5.74) is 1.61. The van der Waals surface area contributed by atoms with Gasteiger partial charge in [0.2, 0.25) is 5.90 Å². The molecular formula is C17H16Cl2N2O. The average Bonchev–Trinajstić information content (AvgIpc) is 2.96. The Balaban J connectivity index is 2.25. The Bertz CT molecular complexity index is 651. The van der Waals surface area contributed by atoms with E-state index in [1.807, 2.05) is 0 Å². The second kappa shape index (κ2) is 8.03. The number of ether oxygens (including phenoxy) is 1. The molecule has 5 heteroatoms. The van der Waals surface area contributed by atoms with Crippen LogP contribution in [0, 0.1) is 12.3 Å². The molecule has 0 N–H and O–H groups in total. The quantitative estimate of drug-likeness (QED) is 0.588. The van der Waals surface area contributed by atoms with Crippen molar-refractivity contribution >= 4 is 29.1 Å². The van der Waals surface area contributed by atoms with Gasteiger partial charge in [-0.15, -0.1) is 6.42 Å². The minimum atomic E-state index is -0.118. The van der Waals surface area contributed by atoms with Crippen LogP contribution in [0.2, 0.25) is 10.0 Å². The number of pyridine rings is 1. The molecule has 1 aromatic rings. The monoisotopic (exact) mass is 334 g/mol. The van der Waals surface area contributed by atoms with Gasteiger partial charge in [0, 0.05) is 12.4 Å². The van der Waals surface area contributed by atoms with Gasteiger partial charge in [-0.25, -0.2) is 4.99 Å². The summed E-state index contributed by atoms with van der Waals surface area (Å²) in [7, 11) is 0. The maximum Gasteiger partial charge on any atom is 0.220 e. The smallest absolute Gasteiger partial charge is 0.220 e. The molecule has 0 radical (unpaired) electrons. The zero-order valence-corrected chi connectivity index (χ0v) is 13.7. The molecule has 0 aromatic carbocycles. The summed E-state index contributed by atoms with van der Waals surface area (Å²) in [6.07, 6.45) is 16.1. The Kier molecular flexibility index (Phi) is 6.06. The molecule has 0 amide bonds. The number of halogens is 2. The zero-order valence-electron chi connectivity index (χ0n) is 12.2. The van der Waals surface area contributed by atoms with E-state index < -0.39 is 0 Å². The molecule has 22 heavy (non-hydrogen) atoms. The molecule has 2 rings (SSSR count). The number of hydrogen-bond donors (Lipinski definition) is 0. The molecule has 0 bridgehead atoms. The van der Waals surface area contributed by atoms with Crippen LogP contribution in [0.4, 0.5) is 0 Å².